The molecule has 0 aliphatic carbocycles. The van der Waals surface area contributed by atoms with Gasteiger partial charge in [0.25, 0.3) is 0 Å². The minimum Gasteiger partial charge on any atom is -0.330 e. The standard InChI is InChI=1S/C12H14ClN3/c1-9(8-14)12-5-6-15-16(12)11-4-2-3-10(13)7-11/h2-7,9H,8,14H2,1H3. The molecule has 0 bridgehead atoms. The van der Waals surface area contributed by atoms with E-state index in [0.717, 1.165) is 11.4 Å². The summed E-state index contributed by atoms with van der Waals surface area (Å²) in [6.07, 6.45) is 1.78. The van der Waals surface area contributed by atoms with Crippen molar-refractivity contribution in [2.75, 3.05) is 6.54 Å². The highest BCUT2D eigenvalue weighted by Gasteiger charge is 2.10. The van der Waals surface area contributed by atoms with Crippen LogP contribution in [0.1, 0.15) is 18.5 Å². The van der Waals surface area contributed by atoms with Crippen LogP contribution in [0.25, 0.3) is 5.69 Å². The summed E-state index contributed by atoms with van der Waals surface area (Å²) in [7, 11) is 0. The Kier molecular flexibility index (Phi) is 3.27. The second-order valence-electron chi connectivity index (χ2n) is 3.78. The molecule has 16 heavy (non-hydrogen) atoms. The van der Waals surface area contributed by atoms with Crippen LogP contribution in [-0.4, -0.2) is 16.3 Å². The van der Waals surface area contributed by atoms with Gasteiger partial charge in [-0.25, -0.2) is 4.68 Å². The van der Waals surface area contributed by atoms with Crippen LogP contribution < -0.4 is 5.73 Å². The average molecular weight is 236 g/mol. The molecule has 1 unspecified atom stereocenters. The third-order valence-electron chi connectivity index (χ3n) is 2.58. The van der Waals surface area contributed by atoms with Crippen molar-refractivity contribution >= 4 is 11.6 Å². The highest BCUT2D eigenvalue weighted by molar-refractivity contribution is 6.30. The zero-order valence-corrected chi connectivity index (χ0v) is 9.85. The molecule has 1 aromatic carbocycles. The zero-order valence-electron chi connectivity index (χ0n) is 9.10. The number of hydrogen-bond acceptors (Lipinski definition) is 2. The summed E-state index contributed by atoms with van der Waals surface area (Å²) >= 11 is 5.96. The number of benzene rings is 1. The van der Waals surface area contributed by atoms with Crippen LogP contribution >= 0.6 is 11.6 Å². The summed E-state index contributed by atoms with van der Waals surface area (Å²) in [6.45, 7) is 2.68. The van der Waals surface area contributed by atoms with Crippen molar-refractivity contribution in [3.63, 3.8) is 0 Å². The predicted octanol–water partition coefficient (Wildman–Crippen LogP) is 2.59. The van der Waals surface area contributed by atoms with Crippen molar-refractivity contribution in [3.05, 3.63) is 47.2 Å². The minimum absolute atomic E-state index is 0.279. The lowest BCUT2D eigenvalue weighted by Gasteiger charge is -2.12. The van der Waals surface area contributed by atoms with Gasteiger partial charge in [-0.05, 0) is 24.3 Å². The van der Waals surface area contributed by atoms with Gasteiger partial charge in [-0.3, -0.25) is 0 Å². The molecule has 0 aliphatic heterocycles. The Morgan fingerprint density at radius 2 is 2.25 bits per heavy atom. The van der Waals surface area contributed by atoms with Crippen LogP contribution in [0.15, 0.2) is 36.5 Å². The average Bonchev–Trinajstić information content (AvgIpc) is 2.77. The van der Waals surface area contributed by atoms with Gasteiger partial charge in [-0.1, -0.05) is 24.6 Å². The summed E-state index contributed by atoms with van der Waals surface area (Å²) in [5.41, 5.74) is 7.74. The number of aromatic nitrogens is 2. The van der Waals surface area contributed by atoms with Gasteiger partial charge >= 0.3 is 0 Å². The Morgan fingerprint density at radius 3 is 2.94 bits per heavy atom. The zero-order chi connectivity index (χ0) is 11.5. The number of nitrogens with two attached hydrogens (primary N) is 1. The van der Waals surface area contributed by atoms with E-state index in [-0.39, 0.29) is 5.92 Å². The Labute approximate surface area is 99.8 Å². The van der Waals surface area contributed by atoms with E-state index in [2.05, 4.69) is 12.0 Å². The Balaban J connectivity index is 2.44. The van der Waals surface area contributed by atoms with Crippen molar-refractivity contribution < 1.29 is 0 Å². The third kappa shape index (κ3) is 2.10. The molecule has 2 aromatic rings. The topological polar surface area (TPSA) is 43.8 Å². The monoisotopic (exact) mass is 235 g/mol. The molecular formula is C12H14ClN3. The van der Waals surface area contributed by atoms with Crippen LogP contribution in [-0.2, 0) is 0 Å². The van der Waals surface area contributed by atoms with E-state index in [1.807, 2.05) is 35.0 Å². The molecule has 4 heteroatoms. The summed E-state index contributed by atoms with van der Waals surface area (Å²) in [5.74, 6) is 0.279. The molecular weight excluding hydrogens is 222 g/mol. The molecule has 0 aliphatic rings. The molecule has 0 fully saturated rings. The van der Waals surface area contributed by atoms with E-state index >= 15 is 0 Å². The number of nitrogens with zero attached hydrogens (tertiary/aromatic N) is 2. The second-order valence-corrected chi connectivity index (χ2v) is 4.22. The maximum Gasteiger partial charge on any atom is 0.0663 e. The molecule has 0 saturated heterocycles. The molecule has 2 N–H and O–H groups in total. The van der Waals surface area contributed by atoms with E-state index in [1.165, 1.54) is 0 Å². The van der Waals surface area contributed by atoms with Crippen LogP contribution in [0.5, 0.6) is 0 Å². The van der Waals surface area contributed by atoms with Crippen molar-refractivity contribution in [2.24, 2.45) is 5.73 Å². The highest BCUT2D eigenvalue weighted by atomic mass is 35.5. The number of halogens is 1. The maximum atomic E-state index is 5.96. The lowest BCUT2D eigenvalue weighted by molar-refractivity contribution is 0.691. The second kappa shape index (κ2) is 4.68. The first-order valence-electron chi connectivity index (χ1n) is 5.22. The SMILES string of the molecule is CC(CN)c1ccnn1-c1cccc(Cl)c1. The lowest BCUT2D eigenvalue weighted by atomic mass is 10.1. The first-order chi connectivity index (χ1) is 7.72. The number of rotatable bonds is 3. The van der Waals surface area contributed by atoms with Crippen LogP contribution in [0.2, 0.25) is 5.02 Å². The minimum atomic E-state index is 0.279. The molecule has 0 spiro atoms. The highest BCUT2D eigenvalue weighted by Crippen LogP contribution is 2.20. The summed E-state index contributed by atoms with van der Waals surface area (Å²) in [4.78, 5) is 0. The van der Waals surface area contributed by atoms with Crippen LogP contribution in [0.3, 0.4) is 0 Å². The Hall–Kier alpha value is -1.32. The summed E-state index contributed by atoms with van der Waals surface area (Å²) in [5, 5.41) is 5.01. The summed E-state index contributed by atoms with van der Waals surface area (Å²) < 4.78 is 1.88. The van der Waals surface area contributed by atoms with Gasteiger partial charge in [0.05, 0.1) is 5.69 Å². The molecule has 84 valence electrons. The maximum absolute atomic E-state index is 5.96. The lowest BCUT2D eigenvalue weighted by Crippen LogP contribution is -2.13. The van der Waals surface area contributed by atoms with Crippen molar-refractivity contribution in [3.8, 4) is 5.69 Å². The molecule has 0 amide bonds. The summed E-state index contributed by atoms with van der Waals surface area (Å²) in [6, 6.07) is 9.61. The van der Waals surface area contributed by atoms with E-state index < -0.39 is 0 Å². The van der Waals surface area contributed by atoms with E-state index in [4.69, 9.17) is 17.3 Å². The van der Waals surface area contributed by atoms with E-state index in [9.17, 15) is 0 Å². The fourth-order valence-electron chi connectivity index (χ4n) is 1.63. The third-order valence-corrected chi connectivity index (χ3v) is 2.82. The van der Waals surface area contributed by atoms with E-state index in [0.29, 0.717) is 11.6 Å². The molecule has 1 atom stereocenters. The first kappa shape index (κ1) is 11.2. The van der Waals surface area contributed by atoms with Crippen molar-refractivity contribution in [1.29, 1.82) is 0 Å². The van der Waals surface area contributed by atoms with Gasteiger partial charge in [0.15, 0.2) is 0 Å². The molecule has 0 saturated carbocycles. The van der Waals surface area contributed by atoms with Gasteiger partial charge in [0.1, 0.15) is 0 Å². The first-order valence-corrected chi connectivity index (χ1v) is 5.60. The van der Waals surface area contributed by atoms with Gasteiger partial charge in [-0.15, -0.1) is 0 Å². The van der Waals surface area contributed by atoms with Crippen LogP contribution in [0, 0.1) is 0 Å². The fraction of sp³-hybridized carbons (Fsp3) is 0.250. The normalized spacial score (nSPS) is 12.7. The Morgan fingerprint density at radius 1 is 1.44 bits per heavy atom. The van der Waals surface area contributed by atoms with Crippen molar-refractivity contribution in [2.45, 2.75) is 12.8 Å². The molecule has 2 rings (SSSR count). The van der Waals surface area contributed by atoms with Gasteiger partial charge in [0, 0.05) is 29.4 Å². The van der Waals surface area contributed by atoms with Gasteiger partial charge < -0.3 is 5.73 Å². The largest absolute Gasteiger partial charge is 0.330 e. The quantitative estimate of drug-likeness (QED) is 0.889. The van der Waals surface area contributed by atoms with Gasteiger partial charge in [0.2, 0.25) is 0 Å². The van der Waals surface area contributed by atoms with Gasteiger partial charge in [-0.2, -0.15) is 5.10 Å². The smallest absolute Gasteiger partial charge is 0.0663 e. The number of hydrogen-bond donors (Lipinski definition) is 1. The fourth-order valence-corrected chi connectivity index (χ4v) is 1.82. The van der Waals surface area contributed by atoms with Crippen molar-refractivity contribution in [1.82, 2.24) is 9.78 Å². The Bertz CT molecular complexity index is 479. The predicted molar refractivity (Wildman–Crippen MR) is 66.0 cm³/mol. The molecule has 1 aromatic heterocycles. The molecule has 3 nitrogen and oxygen atoms in total. The van der Waals surface area contributed by atoms with Crippen LogP contribution in [0.4, 0.5) is 0 Å². The van der Waals surface area contributed by atoms with E-state index in [1.54, 1.807) is 6.20 Å². The molecule has 1 heterocycles. The molecule has 0 radical (unpaired) electrons.